The fourth-order valence-electron chi connectivity index (χ4n) is 4.77. The second kappa shape index (κ2) is 12.0. The normalized spacial score (nSPS) is 17.0. The number of fused-ring (bicyclic) bond motifs is 1. The van der Waals surface area contributed by atoms with Crippen molar-refractivity contribution in [3.05, 3.63) is 47.0 Å². The molecule has 0 saturated heterocycles. The van der Waals surface area contributed by atoms with Crippen molar-refractivity contribution in [2.75, 3.05) is 61.7 Å². The summed E-state index contributed by atoms with van der Waals surface area (Å²) in [5.41, 5.74) is 1.76. The number of ether oxygens (including phenoxy) is 4. The molecule has 3 rings (SSSR count). The van der Waals surface area contributed by atoms with Crippen molar-refractivity contribution in [1.82, 2.24) is 15.1 Å². The van der Waals surface area contributed by atoms with Gasteiger partial charge in [0.25, 0.3) is 5.91 Å². The van der Waals surface area contributed by atoms with Crippen LogP contribution in [0.2, 0.25) is 0 Å². The topological polar surface area (TPSA) is 89.6 Å². The van der Waals surface area contributed by atoms with Crippen molar-refractivity contribution >= 4 is 11.8 Å². The number of amides is 2. The third-order valence-electron chi connectivity index (χ3n) is 6.83. The number of hydrogen-bond donors (Lipinski definition) is 1. The third-order valence-corrected chi connectivity index (χ3v) is 6.83. The molecule has 1 aliphatic heterocycles. The van der Waals surface area contributed by atoms with E-state index in [2.05, 4.69) is 24.1 Å². The smallest absolute Gasteiger partial charge is 0.254 e. The van der Waals surface area contributed by atoms with Crippen molar-refractivity contribution in [3.63, 3.8) is 0 Å². The maximum absolute atomic E-state index is 13.8. The lowest BCUT2D eigenvalue weighted by atomic mass is 9.79. The van der Waals surface area contributed by atoms with Gasteiger partial charge in [-0.25, -0.2) is 0 Å². The molecule has 196 valence electrons. The number of carbonyl (C=O) groups excluding carboxylic acids is 2. The summed E-state index contributed by atoms with van der Waals surface area (Å²) in [6.45, 7) is 7.23. The summed E-state index contributed by atoms with van der Waals surface area (Å²) < 4.78 is 21.8. The number of benzene rings is 2. The summed E-state index contributed by atoms with van der Waals surface area (Å²) in [5, 5.41) is 3.10. The molecule has 9 heteroatoms. The fourth-order valence-corrected chi connectivity index (χ4v) is 4.77. The summed E-state index contributed by atoms with van der Waals surface area (Å²) in [5.74, 6) is 0.918. The summed E-state index contributed by atoms with van der Waals surface area (Å²) >= 11 is 0. The molecule has 0 spiro atoms. The van der Waals surface area contributed by atoms with Gasteiger partial charge in [0, 0.05) is 25.7 Å². The van der Waals surface area contributed by atoms with Gasteiger partial charge in [-0.15, -0.1) is 0 Å². The molecule has 36 heavy (non-hydrogen) atoms. The largest absolute Gasteiger partial charge is 0.493 e. The monoisotopic (exact) mass is 499 g/mol. The Bertz CT molecular complexity index is 1090. The van der Waals surface area contributed by atoms with Crippen molar-refractivity contribution in [1.29, 1.82) is 0 Å². The molecule has 0 fully saturated rings. The van der Waals surface area contributed by atoms with Gasteiger partial charge >= 0.3 is 0 Å². The number of nitrogens with one attached hydrogen (secondary N) is 1. The lowest BCUT2D eigenvalue weighted by molar-refractivity contribution is -0.124. The Morgan fingerprint density at radius 2 is 1.50 bits per heavy atom. The molecule has 2 aromatic carbocycles. The van der Waals surface area contributed by atoms with Gasteiger partial charge in [0.15, 0.2) is 23.0 Å². The van der Waals surface area contributed by atoms with Gasteiger partial charge in [-0.3, -0.25) is 9.59 Å². The van der Waals surface area contributed by atoms with Crippen LogP contribution in [0.25, 0.3) is 0 Å². The van der Waals surface area contributed by atoms with Crippen LogP contribution in [0.15, 0.2) is 30.3 Å². The maximum atomic E-state index is 13.8. The summed E-state index contributed by atoms with van der Waals surface area (Å²) in [7, 11) is 7.88. The number of carbonyl (C=O) groups is 2. The van der Waals surface area contributed by atoms with E-state index in [0.29, 0.717) is 40.7 Å². The van der Waals surface area contributed by atoms with Crippen molar-refractivity contribution in [3.8, 4) is 23.0 Å². The minimum atomic E-state index is -0.683. The first-order chi connectivity index (χ1) is 17.3. The highest BCUT2D eigenvalue weighted by molar-refractivity contribution is 6.02. The zero-order valence-electron chi connectivity index (χ0n) is 22.2. The molecular weight excluding hydrogens is 462 g/mol. The van der Waals surface area contributed by atoms with Crippen LogP contribution in [-0.2, 0) is 4.79 Å². The molecule has 0 bridgehead atoms. The van der Waals surface area contributed by atoms with Gasteiger partial charge < -0.3 is 34.1 Å². The second-order valence-electron chi connectivity index (χ2n) is 8.57. The van der Waals surface area contributed by atoms with Crippen LogP contribution < -0.4 is 24.3 Å². The average molecular weight is 500 g/mol. The van der Waals surface area contributed by atoms with Gasteiger partial charge in [0.2, 0.25) is 5.91 Å². The van der Waals surface area contributed by atoms with E-state index in [1.165, 1.54) is 14.2 Å². The van der Waals surface area contributed by atoms with E-state index in [0.717, 1.165) is 25.2 Å². The van der Waals surface area contributed by atoms with E-state index in [9.17, 15) is 9.59 Å². The highest BCUT2D eigenvalue weighted by atomic mass is 16.5. The number of likely N-dealkylation sites (N-methyl/N-ethyl adjacent to an activating group) is 2. The van der Waals surface area contributed by atoms with E-state index in [-0.39, 0.29) is 11.8 Å². The Morgan fingerprint density at radius 1 is 0.917 bits per heavy atom. The molecule has 0 unspecified atom stereocenters. The Kier molecular flexibility index (Phi) is 9.03. The lowest BCUT2D eigenvalue weighted by Crippen LogP contribution is -2.46. The van der Waals surface area contributed by atoms with Crippen molar-refractivity contribution < 1.29 is 28.5 Å². The van der Waals surface area contributed by atoms with Crippen LogP contribution in [0.1, 0.15) is 47.3 Å². The molecule has 2 atom stereocenters. The van der Waals surface area contributed by atoms with Crippen molar-refractivity contribution in [2.45, 2.75) is 25.8 Å². The highest BCUT2D eigenvalue weighted by Crippen LogP contribution is 2.46. The Hall–Kier alpha value is -3.46. The molecule has 1 aliphatic rings. The zero-order chi connectivity index (χ0) is 26.4. The molecule has 9 nitrogen and oxygen atoms in total. The summed E-state index contributed by atoms with van der Waals surface area (Å²) in [6, 6.07) is 8.27. The van der Waals surface area contributed by atoms with Gasteiger partial charge in [-0.1, -0.05) is 19.9 Å². The number of rotatable bonds is 11. The summed E-state index contributed by atoms with van der Waals surface area (Å²) in [6.07, 6.45) is 0. The van der Waals surface area contributed by atoms with Crippen LogP contribution in [0, 0.1) is 0 Å². The van der Waals surface area contributed by atoms with Gasteiger partial charge in [-0.05, 0) is 48.5 Å². The SMILES string of the molecule is CCN(CC)CCNC(=O)[C@@H]1c2cc(OC)c(OC)cc2C(=O)N(C)[C@@H]1c1ccc(OC)c(OC)c1. The summed E-state index contributed by atoms with van der Waals surface area (Å²) in [4.78, 5) is 31.2. The van der Waals surface area contributed by atoms with E-state index >= 15 is 0 Å². The molecule has 2 amide bonds. The molecule has 0 aliphatic carbocycles. The predicted octanol–water partition coefficient (Wildman–Crippen LogP) is 3.09. The van der Waals surface area contributed by atoms with E-state index in [1.807, 2.05) is 12.1 Å². The average Bonchev–Trinajstić information content (AvgIpc) is 2.91. The van der Waals surface area contributed by atoms with Crippen LogP contribution in [0.4, 0.5) is 0 Å². The first kappa shape index (κ1) is 27.1. The minimum absolute atomic E-state index is 0.172. The van der Waals surface area contributed by atoms with E-state index in [1.54, 1.807) is 44.4 Å². The maximum Gasteiger partial charge on any atom is 0.254 e. The lowest BCUT2D eigenvalue weighted by Gasteiger charge is -2.40. The van der Waals surface area contributed by atoms with Crippen LogP contribution in [0.3, 0.4) is 0 Å². The zero-order valence-corrected chi connectivity index (χ0v) is 22.2. The molecule has 1 heterocycles. The second-order valence-corrected chi connectivity index (χ2v) is 8.57. The molecule has 1 N–H and O–H groups in total. The fraction of sp³-hybridized carbons (Fsp3) is 0.481. The molecule has 0 saturated carbocycles. The Labute approximate surface area is 213 Å². The van der Waals surface area contributed by atoms with Crippen LogP contribution in [-0.4, -0.2) is 83.3 Å². The van der Waals surface area contributed by atoms with Crippen molar-refractivity contribution in [2.24, 2.45) is 0 Å². The van der Waals surface area contributed by atoms with Gasteiger partial charge in [0.1, 0.15) is 0 Å². The molecule has 2 aromatic rings. The minimum Gasteiger partial charge on any atom is -0.493 e. The Balaban J connectivity index is 2.12. The number of nitrogens with zero attached hydrogens (tertiary/aromatic N) is 2. The third kappa shape index (κ3) is 5.21. The van der Waals surface area contributed by atoms with Crippen LogP contribution in [0.5, 0.6) is 23.0 Å². The highest BCUT2D eigenvalue weighted by Gasteiger charge is 2.43. The van der Waals surface area contributed by atoms with Gasteiger partial charge in [0.05, 0.1) is 40.4 Å². The van der Waals surface area contributed by atoms with Gasteiger partial charge in [-0.2, -0.15) is 0 Å². The molecule has 0 radical (unpaired) electrons. The molecule has 0 aromatic heterocycles. The Morgan fingerprint density at radius 3 is 2.08 bits per heavy atom. The number of methoxy groups -OCH3 is 4. The predicted molar refractivity (Wildman–Crippen MR) is 137 cm³/mol. The van der Waals surface area contributed by atoms with Crippen LogP contribution >= 0.6 is 0 Å². The van der Waals surface area contributed by atoms with E-state index in [4.69, 9.17) is 18.9 Å². The molecular formula is C27H37N3O6. The standard InChI is InChI=1S/C27H37N3O6/c1-8-30(9-2)13-12-28-26(31)24-18-15-22(35-6)23(36-7)16-19(18)27(32)29(3)25(24)17-10-11-20(33-4)21(14-17)34-5/h10-11,14-16,24-25H,8-9,12-13H2,1-7H3,(H,28,31)/t24-,25-/m1/s1. The first-order valence-electron chi connectivity index (χ1n) is 12.1. The first-order valence-corrected chi connectivity index (χ1v) is 12.1. The van der Waals surface area contributed by atoms with E-state index < -0.39 is 12.0 Å². The quantitative estimate of drug-likeness (QED) is 0.508. The number of hydrogen-bond acceptors (Lipinski definition) is 7.